The number of nitrogens with two attached hydrogens (primary N) is 1. The van der Waals surface area contributed by atoms with Gasteiger partial charge in [-0.2, -0.15) is 13.2 Å². The van der Waals surface area contributed by atoms with E-state index in [1.807, 2.05) is 0 Å². The first kappa shape index (κ1) is 12.3. The highest BCUT2D eigenvalue weighted by Crippen LogP contribution is 2.36. The molecular weight excluding hydrogens is 255 g/mol. The highest BCUT2D eigenvalue weighted by molar-refractivity contribution is 6.33. The molecular formula is C10H11ClF3N3. The zero-order valence-corrected chi connectivity index (χ0v) is 9.59. The highest BCUT2D eigenvalue weighted by atomic mass is 35.5. The molecule has 0 radical (unpaired) electrons. The van der Waals surface area contributed by atoms with Crippen LogP contribution in [0.4, 0.5) is 24.7 Å². The van der Waals surface area contributed by atoms with E-state index in [-0.39, 0.29) is 16.9 Å². The minimum atomic E-state index is -4.27. The molecule has 1 saturated carbocycles. The first-order valence-electron chi connectivity index (χ1n) is 5.11. The quantitative estimate of drug-likeness (QED) is 0.914. The Morgan fingerprint density at radius 3 is 2.59 bits per heavy atom. The Labute approximate surface area is 101 Å². The molecule has 17 heavy (non-hydrogen) atoms. The Morgan fingerprint density at radius 1 is 1.47 bits per heavy atom. The molecule has 1 aliphatic rings. The summed E-state index contributed by atoms with van der Waals surface area (Å²) in [4.78, 5) is 5.09. The molecule has 0 bridgehead atoms. The minimum absolute atomic E-state index is 0.120. The molecule has 0 atom stereocenters. The second kappa shape index (κ2) is 4.25. The summed E-state index contributed by atoms with van der Waals surface area (Å²) in [5.41, 5.74) is 5.79. The Bertz CT molecular complexity index is 418. The first-order valence-corrected chi connectivity index (χ1v) is 5.49. The summed E-state index contributed by atoms with van der Waals surface area (Å²) >= 11 is 5.87. The van der Waals surface area contributed by atoms with Gasteiger partial charge in [-0.3, -0.25) is 0 Å². The van der Waals surface area contributed by atoms with Gasteiger partial charge < -0.3 is 10.6 Å². The zero-order chi connectivity index (χ0) is 12.6. The number of aromatic nitrogens is 1. The van der Waals surface area contributed by atoms with Crippen LogP contribution >= 0.6 is 11.6 Å². The third-order valence-electron chi connectivity index (χ3n) is 2.45. The molecule has 1 aliphatic carbocycles. The van der Waals surface area contributed by atoms with Crippen molar-refractivity contribution in [3.63, 3.8) is 0 Å². The summed E-state index contributed by atoms with van der Waals surface area (Å²) in [6, 6.07) is 1.29. The summed E-state index contributed by atoms with van der Waals surface area (Å²) in [5.74, 6) is 0.153. The van der Waals surface area contributed by atoms with Gasteiger partial charge in [0.25, 0.3) is 0 Å². The van der Waals surface area contributed by atoms with E-state index >= 15 is 0 Å². The van der Waals surface area contributed by atoms with Crippen LogP contribution in [-0.2, 0) is 0 Å². The van der Waals surface area contributed by atoms with Crippen LogP contribution in [0.15, 0.2) is 12.3 Å². The molecule has 3 nitrogen and oxygen atoms in total. The zero-order valence-electron chi connectivity index (χ0n) is 8.84. The lowest BCUT2D eigenvalue weighted by Crippen LogP contribution is -2.36. The van der Waals surface area contributed by atoms with Gasteiger partial charge in [0.05, 0.1) is 16.9 Å². The second-order valence-electron chi connectivity index (χ2n) is 4.05. The van der Waals surface area contributed by atoms with Crippen molar-refractivity contribution in [1.29, 1.82) is 0 Å². The number of anilines is 2. The van der Waals surface area contributed by atoms with Crippen molar-refractivity contribution in [3.8, 4) is 0 Å². The molecule has 1 fully saturated rings. The minimum Gasteiger partial charge on any atom is -0.397 e. The van der Waals surface area contributed by atoms with Crippen LogP contribution in [0, 0.1) is 0 Å². The SMILES string of the molecule is Nc1cnc(N(CC(F)(F)F)C2CC2)c(Cl)c1. The average Bonchev–Trinajstić information content (AvgIpc) is 2.96. The predicted octanol–water partition coefficient (Wildman–Crippen LogP) is 2.85. The van der Waals surface area contributed by atoms with E-state index in [1.54, 1.807) is 0 Å². The molecule has 2 rings (SSSR count). The number of rotatable bonds is 3. The van der Waals surface area contributed by atoms with Crippen LogP contribution in [0.1, 0.15) is 12.8 Å². The van der Waals surface area contributed by atoms with Crippen LogP contribution in [0.25, 0.3) is 0 Å². The van der Waals surface area contributed by atoms with Crippen molar-refractivity contribution in [2.24, 2.45) is 0 Å². The number of nitrogens with zero attached hydrogens (tertiary/aromatic N) is 2. The fraction of sp³-hybridized carbons (Fsp3) is 0.500. The summed E-state index contributed by atoms with van der Waals surface area (Å²) in [6.45, 7) is -1.03. The number of alkyl halides is 3. The first-order chi connectivity index (χ1) is 7.87. The summed E-state index contributed by atoms with van der Waals surface area (Å²) < 4.78 is 37.4. The van der Waals surface area contributed by atoms with Gasteiger partial charge in [-0.05, 0) is 18.9 Å². The maximum atomic E-state index is 12.5. The van der Waals surface area contributed by atoms with Gasteiger partial charge in [-0.15, -0.1) is 0 Å². The molecule has 0 aliphatic heterocycles. The van der Waals surface area contributed by atoms with Crippen molar-refractivity contribution in [2.75, 3.05) is 17.2 Å². The third kappa shape index (κ3) is 3.15. The van der Waals surface area contributed by atoms with Crippen LogP contribution in [0.3, 0.4) is 0 Å². The van der Waals surface area contributed by atoms with E-state index in [9.17, 15) is 13.2 Å². The van der Waals surface area contributed by atoms with E-state index in [0.29, 0.717) is 5.69 Å². The van der Waals surface area contributed by atoms with Crippen molar-refractivity contribution < 1.29 is 13.2 Å². The molecule has 7 heteroatoms. The van der Waals surface area contributed by atoms with E-state index in [4.69, 9.17) is 17.3 Å². The lowest BCUT2D eigenvalue weighted by atomic mass is 10.3. The largest absolute Gasteiger partial charge is 0.405 e. The monoisotopic (exact) mass is 265 g/mol. The van der Waals surface area contributed by atoms with Gasteiger partial charge in [0, 0.05) is 6.04 Å². The molecule has 1 aromatic heterocycles. The summed E-state index contributed by atoms with van der Waals surface area (Å²) in [6.07, 6.45) is -1.49. The number of pyridine rings is 1. The van der Waals surface area contributed by atoms with Gasteiger partial charge in [0.15, 0.2) is 0 Å². The lowest BCUT2D eigenvalue weighted by molar-refractivity contribution is -0.120. The number of nitrogen functional groups attached to an aromatic ring is 1. The number of hydrogen-bond acceptors (Lipinski definition) is 3. The lowest BCUT2D eigenvalue weighted by Gasteiger charge is -2.25. The van der Waals surface area contributed by atoms with E-state index in [2.05, 4.69) is 4.98 Å². The number of halogens is 4. The van der Waals surface area contributed by atoms with Gasteiger partial charge >= 0.3 is 6.18 Å². The normalized spacial score (nSPS) is 16.0. The Balaban J connectivity index is 2.26. The molecule has 0 unspecified atom stereocenters. The fourth-order valence-electron chi connectivity index (χ4n) is 1.61. The summed E-state index contributed by atoms with van der Waals surface area (Å²) in [7, 11) is 0. The molecule has 0 amide bonds. The van der Waals surface area contributed by atoms with Crippen molar-refractivity contribution in [3.05, 3.63) is 17.3 Å². The van der Waals surface area contributed by atoms with Crippen molar-refractivity contribution in [1.82, 2.24) is 4.98 Å². The smallest absolute Gasteiger partial charge is 0.397 e. The second-order valence-corrected chi connectivity index (χ2v) is 4.46. The summed E-state index contributed by atoms with van der Waals surface area (Å²) in [5, 5.41) is 0.154. The van der Waals surface area contributed by atoms with E-state index in [1.165, 1.54) is 17.2 Å². The Morgan fingerprint density at radius 2 is 2.12 bits per heavy atom. The van der Waals surface area contributed by atoms with Crippen LogP contribution in [0.5, 0.6) is 0 Å². The molecule has 2 N–H and O–H groups in total. The van der Waals surface area contributed by atoms with E-state index in [0.717, 1.165) is 12.8 Å². The highest BCUT2D eigenvalue weighted by Gasteiger charge is 2.39. The standard InChI is InChI=1S/C10H11ClF3N3/c11-8-3-6(15)4-16-9(8)17(7-1-2-7)5-10(12,13)14/h3-4,7H,1-2,5,15H2. The molecule has 0 aromatic carbocycles. The molecule has 0 spiro atoms. The van der Waals surface area contributed by atoms with Crippen LogP contribution in [0.2, 0.25) is 5.02 Å². The Hall–Kier alpha value is -1.17. The van der Waals surface area contributed by atoms with Gasteiger partial charge in [-0.1, -0.05) is 11.6 Å². The molecule has 1 aromatic rings. The Kier molecular flexibility index (Phi) is 3.07. The van der Waals surface area contributed by atoms with Crippen LogP contribution < -0.4 is 10.6 Å². The number of hydrogen-bond donors (Lipinski definition) is 1. The molecule has 1 heterocycles. The van der Waals surface area contributed by atoms with Gasteiger partial charge in [0.2, 0.25) is 0 Å². The van der Waals surface area contributed by atoms with Crippen molar-refractivity contribution >= 4 is 23.1 Å². The maximum Gasteiger partial charge on any atom is 0.405 e. The van der Waals surface area contributed by atoms with Crippen LogP contribution in [-0.4, -0.2) is 23.7 Å². The predicted molar refractivity (Wildman–Crippen MR) is 60.1 cm³/mol. The topological polar surface area (TPSA) is 42.1 Å². The molecule has 94 valence electrons. The average molecular weight is 266 g/mol. The van der Waals surface area contributed by atoms with Gasteiger partial charge in [0.1, 0.15) is 12.4 Å². The van der Waals surface area contributed by atoms with Gasteiger partial charge in [-0.25, -0.2) is 4.98 Å². The molecule has 0 saturated heterocycles. The van der Waals surface area contributed by atoms with E-state index < -0.39 is 12.7 Å². The third-order valence-corrected chi connectivity index (χ3v) is 2.73. The fourth-order valence-corrected chi connectivity index (χ4v) is 1.90. The maximum absolute atomic E-state index is 12.5. The van der Waals surface area contributed by atoms with Crippen molar-refractivity contribution in [2.45, 2.75) is 25.1 Å².